The third-order valence-corrected chi connectivity index (χ3v) is 8.89. The molecule has 222 valence electrons. The number of carbonyl (C=O) groups excluding carboxylic acids is 2. The van der Waals surface area contributed by atoms with Gasteiger partial charge in [-0.05, 0) is 36.1 Å². The zero-order chi connectivity index (χ0) is 29.7. The highest BCUT2D eigenvalue weighted by Gasteiger charge is 2.45. The van der Waals surface area contributed by atoms with E-state index in [0.29, 0.717) is 36.0 Å². The van der Waals surface area contributed by atoms with Gasteiger partial charge >= 0.3 is 5.97 Å². The first-order valence-electron chi connectivity index (χ1n) is 14.1. The molecule has 2 aliphatic rings. The van der Waals surface area contributed by atoms with E-state index >= 15 is 0 Å². The van der Waals surface area contributed by atoms with Gasteiger partial charge < -0.3 is 24.8 Å². The van der Waals surface area contributed by atoms with Gasteiger partial charge in [0.2, 0.25) is 11.8 Å². The molecule has 2 heterocycles. The number of aliphatic carboxylic acids is 1. The molecule has 2 N–H and O–H groups in total. The predicted molar refractivity (Wildman–Crippen MR) is 159 cm³/mol. The number of nitrogens with one attached hydrogen (secondary N) is 1. The molecule has 1 aromatic heterocycles. The summed E-state index contributed by atoms with van der Waals surface area (Å²) in [5.41, 5.74) is 2.59. The zero-order valence-electron chi connectivity index (χ0n) is 23.9. The molecule has 3 aromatic rings. The van der Waals surface area contributed by atoms with Crippen molar-refractivity contribution in [1.82, 2.24) is 20.1 Å². The average molecular weight is 593 g/mol. The maximum atomic E-state index is 13.3. The largest absolute Gasteiger partial charge is 0.496 e. The standard InChI is InChI=1S/C31H36N4O6S/c1-21(36)35-11-9-34(10-12-35)13-14-41-24-7-8-25(27(15-24)40-2)26-20-42-28(33-26)19-32-30(39)31(18-29(37)38)16-22-5-3-4-6-23(22)17-31/h3-8,15,20H,9-14,16-19H2,1-2H3,(H,32,39)(H,37,38). The van der Waals surface area contributed by atoms with E-state index in [0.717, 1.165) is 55.1 Å². The summed E-state index contributed by atoms with van der Waals surface area (Å²) in [5, 5.41) is 15.1. The van der Waals surface area contributed by atoms with Gasteiger partial charge in [-0.2, -0.15) is 0 Å². The molecule has 42 heavy (non-hydrogen) atoms. The first-order chi connectivity index (χ1) is 20.3. The number of carbonyl (C=O) groups is 3. The number of benzene rings is 2. The molecule has 0 radical (unpaired) electrons. The Balaban J connectivity index is 1.17. The average Bonchev–Trinajstić information content (AvgIpc) is 3.60. The van der Waals surface area contributed by atoms with E-state index in [2.05, 4.69) is 10.2 Å². The first-order valence-corrected chi connectivity index (χ1v) is 14.9. The van der Waals surface area contributed by atoms with E-state index in [1.807, 2.05) is 52.7 Å². The molecule has 10 nitrogen and oxygen atoms in total. The van der Waals surface area contributed by atoms with Gasteiger partial charge in [-0.3, -0.25) is 19.3 Å². The minimum Gasteiger partial charge on any atom is -0.496 e. The Morgan fingerprint density at radius 1 is 1.07 bits per heavy atom. The lowest BCUT2D eigenvalue weighted by Gasteiger charge is -2.34. The smallest absolute Gasteiger partial charge is 0.304 e. The molecule has 5 rings (SSSR count). The molecule has 2 amide bonds. The van der Waals surface area contributed by atoms with Gasteiger partial charge in [-0.15, -0.1) is 11.3 Å². The Bertz CT molecular complexity index is 1420. The number of carboxylic acids is 1. The van der Waals surface area contributed by atoms with Crippen LogP contribution in [0.2, 0.25) is 0 Å². The Labute approximate surface area is 249 Å². The summed E-state index contributed by atoms with van der Waals surface area (Å²) < 4.78 is 11.6. The highest BCUT2D eigenvalue weighted by Crippen LogP contribution is 2.40. The number of methoxy groups -OCH3 is 1. The number of thiazole rings is 1. The molecular weight excluding hydrogens is 556 g/mol. The van der Waals surface area contributed by atoms with Gasteiger partial charge in [0.1, 0.15) is 23.1 Å². The monoisotopic (exact) mass is 592 g/mol. The van der Waals surface area contributed by atoms with E-state index in [-0.39, 0.29) is 24.8 Å². The van der Waals surface area contributed by atoms with Crippen LogP contribution in [0.15, 0.2) is 47.8 Å². The van der Waals surface area contributed by atoms with E-state index < -0.39 is 11.4 Å². The van der Waals surface area contributed by atoms with Crippen LogP contribution in [0.5, 0.6) is 11.5 Å². The van der Waals surface area contributed by atoms with Crippen molar-refractivity contribution < 1.29 is 29.0 Å². The second kappa shape index (κ2) is 12.9. The van der Waals surface area contributed by atoms with Crippen LogP contribution in [0.25, 0.3) is 11.3 Å². The van der Waals surface area contributed by atoms with Crippen molar-refractivity contribution in [3.05, 3.63) is 64.0 Å². The third kappa shape index (κ3) is 6.74. The van der Waals surface area contributed by atoms with Gasteiger partial charge in [0, 0.05) is 56.7 Å². The Morgan fingerprint density at radius 3 is 2.43 bits per heavy atom. The van der Waals surface area contributed by atoms with Gasteiger partial charge in [-0.25, -0.2) is 4.98 Å². The zero-order valence-corrected chi connectivity index (χ0v) is 24.7. The quantitative estimate of drug-likeness (QED) is 0.348. The molecule has 0 spiro atoms. The van der Waals surface area contributed by atoms with Crippen LogP contribution in [-0.2, 0) is 33.8 Å². The number of carboxylic acid groups (broad SMARTS) is 1. The van der Waals surface area contributed by atoms with Gasteiger partial charge in [0.25, 0.3) is 0 Å². The van der Waals surface area contributed by atoms with Crippen molar-refractivity contribution >= 4 is 29.1 Å². The summed E-state index contributed by atoms with van der Waals surface area (Å²) in [5.74, 6) is 0.198. The van der Waals surface area contributed by atoms with Crippen molar-refractivity contribution in [2.45, 2.75) is 32.7 Å². The highest BCUT2D eigenvalue weighted by molar-refractivity contribution is 7.09. The Kier molecular flexibility index (Phi) is 9.08. The lowest BCUT2D eigenvalue weighted by molar-refractivity contribution is -0.145. The van der Waals surface area contributed by atoms with Crippen LogP contribution >= 0.6 is 11.3 Å². The number of amides is 2. The molecule has 1 fully saturated rings. The maximum Gasteiger partial charge on any atom is 0.304 e. The summed E-state index contributed by atoms with van der Waals surface area (Å²) in [6, 6.07) is 13.4. The van der Waals surface area contributed by atoms with Gasteiger partial charge in [0.05, 0.1) is 31.2 Å². The fourth-order valence-electron chi connectivity index (χ4n) is 5.76. The number of fused-ring (bicyclic) bond motifs is 1. The van der Waals surface area contributed by atoms with E-state index in [1.165, 1.54) is 11.3 Å². The van der Waals surface area contributed by atoms with Crippen LogP contribution in [0.1, 0.15) is 29.5 Å². The van der Waals surface area contributed by atoms with Gasteiger partial charge in [-0.1, -0.05) is 24.3 Å². The van der Waals surface area contributed by atoms with Crippen molar-refractivity contribution in [1.29, 1.82) is 0 Å². The summed E-state index contributed by atoms with van der Waals surface area (Å²) in [6.07, 6.45) is 0.595. The molecule has 0 atom stereocenters. The number of hydrogen-bond acceptors (Lipinski definition) is 8. The molecule has 1 aliphatic heterocycles. The van der Waals surface area contributed by atoms with Crippen molar-refractivity contribution in [2.24, 2.45) is 5.41 Å². The number of rotatable bonds is 11. The number of piperazine rings is 1. The topological polar surface area (TPSA) is 121 Å². The van der Waals surface area contributed by atoms with E-state index in [4.69, 9.17) is 14.5 Å². The molecule has 0 bridgehead atoms. The maximum absolute atomic E-state index is 13.3. The fraction of sp³-hybridized carbons (Fsp3) is 0.419. The van der Waals surface area contributed by atoms with Crippen LogP contribution in [-0.4, -0.2) is 84.1 Å². The minimum absolute atomic E-state index is 0.120. The van der Waals surface area contributed by atoms with Crippen LogP contribution < -0.4 is 14.8 Å². The van der Waals surface area contributed by atoms with Crippen molar-refractivity contribution in [3.63, 3.8) is 0 Å². The summed E-state index contributed by atoms with van der Waals surface area (Å²) >= 11 is 1.43. The molecule has 11 heteroatoms. The number of nitrogens with zero attached hydrogens (tertiary/aromatic N) is 3. The Morgan fingerprint density at radius 2 is 1.79 bits per heavy atom. The molecule has 1 saturated heterocycles. The normalized spacial score (nSPS) is 16.1. The molecule has 0 saturated carbocycles. The van der Waals surface area contributed by atoms with Crippen LogP contribution in [0, 0.1) is 5.41 Å². The van der Waals surface area contributed by atoms with Crippen LogP contribution in [0.4, 0.5) is 0 Å². The summed E-state index contributed by atoms with van der Waals surface area (Å²) in [6.45, 7) is 6.29. The Hall–Kier alpha value is -3.96. The summed E-state index contributed by atoms with van der Waals surface area (Å²) in [4.78, 5) is 45.4. The lowest BCUT2D eigenvalue weighted by Crippen LogP contribution is -2.48. The third-order valence-electron chi connectivity index (χ3n) is 8.04. The molecule has 0 unspecified atom stereocenters. The molecule has 1 aliphatic carbocycles. The number of aromatic nitrogens is 1. The number of hydrogen-bond donors (Lipinski definition) is 2. The lowest BCUT2D eigenvalue weighted by atomic mass is 9.80. The van der Waals surface area contributed by atoms with Crippen molar-refractivity contribution in [2.75, 3.05) is 46.4 Å². The van der Waals surface area contributed by atoms with E-state index in [1.54, 1.807) is 14.0 Å². The van der Waals surface area contributed by atoms with Gasteiger partial charge in [0.15, 0.2) is 0 Å². The predicted octanol–water partition coefficient (Wildman–Crippen LogP) is 3.24. The molecular formula is C31H36N4O6S. The molecule has 2 aromatic carbocycles. The fourth-order valence-corrected chi connectivity index (χ4v) is 6.49. The SMILES string of the molecule is COc1cc(OCCN2CCN(C(C)=O)CC2)ccc1-c1csc(CNC(=O)C2(CC(=O)O)Cc3ccccc3C2)n1. The summed E-state index contributed by atoms with van der Waals surface area (Å²) in [7, 11) is 1.60. The first kappa shape index (κ1) is 29.5. The minimum atomic E-state index is -1.00. The van der Waals surface area contributed by atoms with Crippen LogP contribution in [0.3, 0.4) is 0 Å². The number of ether oxygens (including phenoxy) is 2. The van der Waals surface area contributed by atoms with E-state index in [9.17, 15) is 19.5 Å². The second-order valence-corrected chi connectivity index (χ2v) is 11.8. The second-order valence-electron chi connectivity index (χ2n) is 10.8. The van der Waals surface area contributed by atoms with Crippen molar-refractivity contribution in [3.8, 4) is 22.8 Å². The highest BCUT2D eigenvalue weighted by atomic mass is 32.1.